The lowest BCUT2D eigenvalue weighted by Gasteiger charge is -2.34. The van der Waals surface area contributed by atoms with E-state index < -0.39 is 0 Å². The maximum absolute atomic E-state index is 12.8. The lowest BCUT2D eigenvalue weighted by atomic mass is 10.0. The molecular formula is C88H133F3N8OS. The molecule has 9 nitrogen and oxygen atoms in total. The number of piperazine rings is 1. The Morgan fingerprint density at radius 1 is 0.416 bits per heavy atom. The van der Waals surface area contributed by atoms with Gasteiger partial charge >= 0.3 is 0 Å². The fourth-order valence-corrected chi connectivity index (χ4v) is 10.4. The number of hydrogen-bond acceptors (Lipinski definition) is 9. The Bertz CT molecular complexity index is 3180. The third-order valence-corrected chi connectivity index (χ3v) is 17.4. The number of hydrogen-bond donors (Lipinski definition) is 0. The fraction of sp³-hybridized carbons (Fsp3) is 0.500. The van der Waals surface area contributed by atoms with Crippen molar-refractivity contribution < 1.29 is 17.6 Å². The maximum Gasteiger partial charge on any atom is 0.126 e. The number of imidazole rings is 1. The summed E-state index contributed by atoms with van der Waals surface area (Å²) in [7, 11) is 2.19. The second kappa shape index (κ2) is 53.7. The molecule has 2 fully saturated rings. The van der Waals surface area contributed by atoms with Crippen LogP contribution in [0.3, 0.4) is 0 Å². The minimum Gasteiger partial charge on any atom is -0.472 e. The molecule has 101 heavy (non-hydrogen) atoms. The van der Waals surface area contributed by atoms with Gasteiger partial charge in [0.05, 0.1) is 24.5 Å². The Morgan fingerprint density at radius 3 is 1.30 bits per heavy atom. The van der Waals surface area contributed by atoms with Gasteiger partial charge in [0.2, 0.25) is 0 Å². The van der Waals surface area contributed by atoms with Gasteiger partial charge in [-0.05, 0) is 251 Å². The molecule has 6 aromatic heterocycles. The molecule has 0 radical (unpaired) electrons. The van der Waals surface area contributed by atoms with E-state index in [0.29, 0.717) is 47.5 Å². The van der Waals surface area contributed by atoms with Crippen molar-refractivity contribution in [1.29, 1.82) is 0 Å². The zero-order chi connectivity index (χ0) is 75.8. The number of likely N-dealkylation sites (tertiary alicyclic amines) is 1. The molecule has 0 aliphatic carbocycles. The molecule has 13 heteroatoms. The Kier molecular flexibility index (Phi) is 48.9. The molecule has 0 bridgehead atoms. The van der Waals surface area contributed by atoms with E-state index in [1.165, 1.54) is 111 Å². The molecule has 2 saturated heterocycles. The molecule has 0 amide bonds. The van der Waals surface area contributed by atoms with Crippen molar-refractivity contribution in [3.8, 4) is 0 Å². The fourth-order valence-electron chi connectivity index (χ4n) is 9.54. The van der Waals surface area contributed by atoms with Crippen LogP contribution in [0.2, 0.25) is 0 Å². The first kappa shape index (κ1) is 92.0. The van der Waals surface area contributed by atoms with Gasteiger partial charge < -0.3 is 18.8 Å². The normalized spacial score (nSPS) is 12.8. The molecule has 0 N–H and O–H groups in total. The van der Waals surface area contributed by atoms with E-state index in [1.54, 1.807) is 48.3 Å². The van der Waals surface area contributed by atoms with Crippen LogP contribution in [0.1, 0.15) is 275 Å². The number of rotatable bonds is 11. The van der Waals surface area contributed by atoms with Crippen LogP contribution in [0.25, 0.3) is 0 Å². The molecule has 0 unspecified atom stereocenters. The average molecular weight is 1410 g/mol. The molecule has 2 aliphatic heterocycles. The SMILES string of the molecule is CC(C)N1CCCCC1.CC(C)N1CCN(C)CC1.CC(C)c1ccc(F)cc1.CC(C)c1cccc(F)c1.CC(C)c1ccccc1F.CC(C)c1ccccn1.CC(C)c1cccnc1.CC(C)c1ccncc1.CC(C)c1ccoc1.CC(C)c1ccsc1.Cc1cn(C(C)C)cn1. The first-order chi connectivity index (χ1) is 47.8. The quantitative estimate of drug-likeness (QED) is 0.127. The molecule has 0 saturated carbocycles. The van der Waals surface area contributed by atoms with Crippen LogP contribution in [0, 0.1) is 24.4 Å². The molecule has 558 valence electrons. The number of halogens is 3. The van der Waals surface area contributed by atoms with Gasteiger partial charge in [-0.1, -0.05) is 172 Å². The number of pyridine rings is 3. The van der Waals surface area contributed by atoms with Gasteiger partial charge in [-0.25, -0.2) is 18.2 Å². The number of likely N-dealkylation sites (N-methyl/N-ethyl adjacent to an activating group) is 1. The molecular weight excluding hydrogens is 1270 g/mol. The van der Waals surface area contributed by atoms with E-state index in [2.05, 4.69) is 208 Å². The summed E-state index contributed by atoms with van der Waals surface area (Å²) in [5, 5.41) is 4.32. The Labute approximate surface area is 617 Å². The Balaban J connectivity index is 0.000000556. The predicted octanol–water partition coefficient (Wildman–Crippen LogP) is 25.0. The molecule has 3 aromatic carbocycles. The van der Waals surface area contributed by atoms with Crippen molar-refractivity contribution in [3.05, 3.63) is 262 Å². The lowest BCUT2D eigenvalue weighted by molar-refractivity contribution is 0.126. The number of nitrogens with zero attached hydrogens (tertiary/aromatic N) is 8. The molecule has 2 aliphatic rings. The third kappa shape index (κ3) is 43.5. The standard InChI is InChI=1S/3C9H11F.C8H18N2.2C8H11N.C8H17N.C8H11N.C7H12N2.C7H10O.C7H10S/c1-7(2)8-3-5-9(10)6-4-8;1-7(2)8-4-3-5-9(10)6-8;1-7(2)8-5-3-4-6-9(8)10;1-8(2)10-6-4-9(3)5-7-10;1-7(2)8-3-5-9-6-4-8;1-7(2)8-4-3-5-9-6-8;1-8(2)9-6-4-3-5-7-9;1-7(2)8-5-3-4-6-9-8;1-6(2)9-4-7(3)8-5-9;2*1-6(2)7-3-4-8-5-7/h3*3-7H,1-2H3;8H,4-7H2,1-3H3;2*3-7H,1-2H3;8H,3-7H2,1-2H3;3-7H,1-2H3;4-6H,1-3H3;2*3-6H,1-2H3. The maximum atomic E-state index is 12.8. The van der Waals surface area contributed by atoms with Crippen molar-refractivity contribution in [2.24, 2.45) is 0 Å². The molecule has 11 rings (SSSR count). The summed E-state index contributed by atoms with van der Waals surface area (Å²) in [5.74, 6) is 3.82. The summed E-state index contributed by atoms with van der Waals surface area (Å²) in [6.45, 7) is 56.9. The number of furan rings is 1. The lowest BCUT2D eigenvalue weighted by Crippen LogP contribution is -2.47. The first-order valence-corrected chi connectivity index (χ1v) is 38.0. The molecule has 0 spiro atoms. The van der Waals surface area contributed by atoms with E-state index in [4.69, 9.17) is 4.42 Å². The molecule has 0 atom stereocenters. The summed E-state index contributed by atoms with van der Waals surface area (Å²) in [5.41, 5.74) is 10.7. The van der Waals surface area contributed by atoms with E-state index >= 15 is 0 Å². The highest BCUT2D eigenvalue weighted by Gasteiger charge is 2.16. The van der Waals surface area contributed by atoms with Crippen molar-refractivity contribution in [3.63, 3.8) is 0 Å². The van der Waals surface area contributed by atoms with Crippen molar-refractivity contribution in [2.45, 2.75) is 244 Å². The number of aryl methyl sites for hydroxylation is 1. The van der Waals surface area contributed by atoms with Crippen LogP contribution in [0.4, 0.5) is 13.2 Å². The molecule has 8 heterocycles. The van der Waals surface area contributed by atoms with E-state index in [0.717, 1.165) is 34.6 Å². The largest absolute Gasteiger partial charge is 0.472 e. The Hall–Kier alpha value is -7.03. The van der Waals surface area contributed by atoms with E-state index in [-0.39, 0.29) is 23.4 Å². The summed E-state index contributed by atoms with van der Waals surface area (Å²) < 4.78 is 44.7. The van der Waals surface area contributed by atoms with Crippen LogP contribution >= 0.6 is 11.3 Å². The summed E-state index contributed by atoms with van der Waals surface area (Å²) in [6.07, 6.45) is 20.9. The van der Waals surface area contributed by atoms with E-state index in [1.807, 2.05) is 131 Å². The zero-order valence-electron chi connectivity index (χ0n) is 66.7. The minimum atomic E-state index is -0.163. The number of thiophene rings is 1. The number of piperidine rings is 1. The summed E-state index contributed by atoms with van der Waals surface area (Å²) in [4.78, 5) is 23.7. The zero-order valence-corrected chi connectivity index (χ0v) is 67.5. The van der Waals surface area contributed by atoms with Crippen LogP contribution < -0.4 is 0 Å². The predicted molar refractivity (Wildman–Crippen MR) is 430 cm³/mol. The average Bonchev–Trinajstić information content (AvgIpc) is 1.93. The Morgan fingerprint density at radius 2 is 0.960 bits per heavy atom. The topological polar surface area (TPSA) is 79.4 Å². The highest BCUT2D eigenvalue weighted by atomic mass is 32.1. The summed E-state index contributed by atoms with van der Waals surface area (Å²) >= 11 is 1.77. The highest BCUT2D eigenvalue weighted by molar-refractivity contribution is 7.08. The van der Waals surface area contributed by atoms with E-state index in [9.17, 15) is 13.2 Å². The van der Waals surface area contributed by atoms with Gasteiger partial charge in [0, 0.05) is 87.2 Å². The monoisotopic (exact) mass is 1410 g/mol. The second-order valence-electron chi connectivity index (χ2n) is 29.0. The first-order valence-electron chi connectivity index (χ1n) is 37.0. The highest BCUT2D eigenvalue weighted by Crippen LogP contribution is 2.20. The van der Waals surface area contributed by atoms with Gasteiger partial charge in [-0.15, -0.1) is 0 Å². The van der Waals surface area contributed by atoms with Crippen molar-refractivity contribution in [1.82, 2.24) is 39.2 Å². The van der Waals surface area contributed by atoms with Gasteiger partial charge in [0.25, 0.3) is 0 Å². The second-order valence-corrected chi connectivity index (χ2v) is 29.8. The van der Waals surface area contributed by atoms with Gasteiger partial charge in [0.1, 0.15) is 17.5 Å². The number of benzene rings is 3. The van der Waals surface area contributed by atoms with Gasteiger partial charge in [-0.3, -0.25) is 19.9 Å². The van der Waals surface area contributed by atoms with Gasteiger partial charge in [-0.2, -0.15) is 11.3 Å². The number of aromatic nitrogens is 5. The minimum absolute atomic E-state index is 0.0995. The van der Waals surface area contributed by atoms with Crippen molar-refractivity contribution >= 4 is 11.3 Å². The van der Waals surface area contributed by atoms with Crippen molar-refractivity contribution in [2.75, 3.05) is 46.3 Å². The third-order valence-electron chi connectivity index (χ3n) is 16.7. The van der Waals surface area contributed by atoms with Crippen LogP contribution in [0.15, 0.2) is 199 Å². The molecule has 9 aromatic rings. The van der Waals surface area contributed by atoms with Crippen LogP contribution in [-0.4, -0.2) is 97.6 Å². The summed E-state index contributed by atoms with van der Waals surface area (Å²) in [6, 6.07) is 40.6. The smallest absolute Gasteiger partial charge is 0.126 e. The van der Waals surface area contributed by atoms with Crippen LogP contribution in [0.5, 0.6) is 0 Å². The van der Waals surface area contributed by atoms with Gasteiger partial charge in [0.15, 0.2) is 0 Å². The van der Waals surface area contributed by atoms with Crippen LogP contribution in [-0.2, 0) is 0 Å².